The van der Waals surface area contributed by atoms with Crippen molar-refractivity contribution in [1.29, 1.82) is 0 Å². The first kappa shape index (κ1) is 27.7. The van der Waals surface area contributed by atoms with Crippen LogP contribution in [-0.4, -0.2) is 4.98 Å². The summed E-state index contributed by atoms with van der Waals surface area (Å²) in [6, 6.07) is 10.4. The lowest BCUT2D eigenvalue weighted by Gasteiger charge is -2.19. The summed E-state index contributed by atoms with van der Waals surface area (Å²) in [6.07, 6.45) is 0.384. The van der Waals surface area contributed by atoms with E-state index in [0.29, 0.717) is 29.5 Å². The van der Waals surface area contributed by atoms with Gasteiger partial charge in [-0.3, -0.25) is 4.98 Å². The Bertz CT molecular complexity index is 1530. The van der Waals surface area contributed by atoms with E-state index < -0.39 is 46.5 Å². The number of aryl methyl sites for hydroxylation is 1. The molecule has 9 heteroatoms. The van der Waals surface area contributed by atoms with Crippen LogP contribution in [0.5, 0.6) is 5.75 Å². The fourth-order valence-corrected chi connectivity index (χ4v) is 3.67. The smallest absolute Gasteiger partial charge is 0.429 e. The van der Waals surface area contributed by atoms with Crippen molar-refractivity contribution in [2.45, 2.75) is 32.3 Å². The minimum Gasteiger partial charge on any atom is -0.429 e. The predicted molar refractivity (Wildman–Crippen MR) is 131 cm³/mol. The van der Waals surface area contributed by atoms with Crippen molar-refractivity contribution in [3.05, 3.63) is 118 Å². The molecule has 0 aliphatic carbocycles. The highest BCUT2D eigenvalue weighted by Crippen LogP contribution is 2.35. The fraction of sp³-hybridized carbons (Fsp3) is 0.167. The van der Waals surface area contributed by atoms with Crippen LogP contribution < -0.4 is 4.74 Å². The summed E-state index contributed by atoms with van der Waals surface area (Å²) in [4.78, 5) is 4.28. The average Bonchev–Trinajstić information content (AvgIpc) is 2.90. The number of nitrogens with zero attached hydrogens (tertiary/aromatic N) is 1. The normalized spacial score (nSPS) is 11.2. The summed E-state index contributed by atoms with van der Waals surface area (Å²) >= 11 is 0. The molecule has 200 valence electrons. The number of benzene rings is 3. The number of hydrogen-bond acceptors (Lipinski definition) is 2. The minimum absolute atomic E-state index is 0.265. The van der Waals surface area contributed by atoms with Crippen molar-refractivity contribution in [3.63, 3.8) is 0 Å². The van der Waals surface area contributed by atoms with Crippen molar-refractivity contribution in [3.8, 4) is 28.8 Å². The summed E-state index contributed by atoms with van der Waals surface area (Å²) < 4.78 is 103. The van der Waals surface area contributed by atoms with E-state index in [-0.39, 0.29) is 11.1 Å². The Morgan fingerprint density at radius 3 is 2.15 bits per heavy atom. The van der Waals surface area contributed by atoms with Crippen LogP contribution in [-0.2, 0) is 12.5 Å². The third-order valence-electron chi connectivity index (χ3n) is 5.73. The second-order valence-electron chi connectivity index (χ2n) is 8.61. The first-order chi connectivity index (χ1) is 18.6. The van der Waals surface area contributed by atoms with Gasteiger partial charge in [-0.2, -0.15) is 8.78 Å². The molecule has 0 fully saturated rings. The first-order valence-electron chi connectivity index (χ1n) is 11.9. The van der Waals surface area contributed by atoms with Crippen LogP contribution in [0.4, 0.5) is 30.7 Å². The van der Waals surface area contributed by atoms with E-state index in [1.165, 1.54) is 6.07 Å². The number of pyridine rings is 1. The Morgan fingerprint density at radius 1 is 0.795 bits per heavy atom. The van der Waals surface area contributed by atoms with Gasteiger partial charge in [-0.15, -0.1) is 0 Å². The molecule has 2 nitrogen and oxygen atoms in total. The van der Waals surface area contributed by atoms with E-state index in [4.69, 9.17) is 0 Å². The van der Waals surface area contributed by atoms with Gasteiger partial charge in [-0.1, -0.05) is 37.3 Å². The van der Waals surface area contributed by atoms with E-state index in [1.807, 2.05) is 6.07 Å². The number of hydrogen-bond donors (Lipinski definition) is 0. The summed E-state index contributed by atoms with van der Waals surface area (Å²) in [5, 5.41) is 0. The minimum atomic E-state index is -4.15. The Labute approximate surface area is 220 Å². The van der Waals surface area contributed by atoms with Gasteiger partial charge < -0.3 is 4.74 Å². The lowest BCUT2D eigenvalue weighted by molar-refractivity contribution is -0.187. The number of halogens is 7. The number of rotatable bonds is 7. The molecule has 0 aliphatic heterocycles. The van der Waals surface area contributed by atoms with E-state index in [1.54, 1.807) is 12.3 Å². The maximum atomic E-state index is 14.8. The average molecular weight is 543 g/mol. The quantitative estimate of drug-likeness (QED) is 0.133. The second kappa shape index (κ2) is 11.6. The molecule has 1 heterocycles. The summed E-state index contributed by atoms with van der Waals surface area (Å²) in [7, 11) is 0. The molecule has 39 heavy (non-hydrogen) atoms. The van der Waals surface area contributed by atoms with Crippen LogP contribution in [0.15, 0.2) is 66.9 Å². The molecule has 1 aromatic heterocycles. The Morgan fingerprint density at radius 2 is 1.54 bits per heavy atom. The number of aromatic nitrogens is 1. The maximum Gasteiger partial charge on any atom is 0.429 e. The van der Waals surface area contributed by atoms with Crippen LogP contribution in [0, 0.1) is 40.9 Å². The first-order valence-corrected chi connectivity index (χ1v) is 11.9. The molecule has 3 aromatic carbocycles. The molecule has 0 aliphatic rings. The molecular formula is C30H20F7NO. The monoisotopic (exact) mass is 543 g/mol. The molecule has 0 N–H and O–H groups in total. The third kappa shape index (κ3) is 6.58. The van der Waals surface area contributed by atoms with E-state index in [0.717, 1.165) is 49.1 Å². The molecule has 4 aromatic rings. The van der Waals surface area contributed by atoms with Crippen LogP contribution in [0.2, 0.25) is 0 Å². The zero-order chi connectivity index (χ0) is 28.2. The second-order valence-corrected chi connectivity index (χ2v) is 8.61. The molecule has 0 bridgehead atoms. The third-order valence-corrected chi connectivity index (χ3v) is 5.73. The summed E-state index contributed by atoms with van der Waals surface area (Å²) in [5.41, 5.74) is 0.0909. The van der Waals surface area contributed by atoms with Crippen molar-refractivity contribution < 1.29 is 35.5 Å². The maximum absolute atomic E-state index is 14.8. The molecule has 4 rings (SSSR count). The van der Waals surface area contributed by atoms with Crippen molar-refractivity contribution in [2.24, 2.45) is 0 Å². The Balaban J connectivity index is 1.50. The fourth-order valence-electron chi connectivity index (χ4n) is 3.67. The molecule has 0 unspecified atom stereocenters. The highest BCUT2D eigenvalue weighted by molar-refractivity contribution is 5.60. The van der Waals surface area contributed by atoms with E-state index in [9.17, 15) is 30.7 Å². The van der Waals surface area contributed by atoms with Crippen molar-refractivity contribution >= 4 is 0 Å². The van der Waals surface area contributed by atoms with Gasteiger partial charge in [-0.25, -0.2) is 22.0 Å². The van der Waals surface area contributed by atoms with Crippen molar-refractivity contribution in [2.75, 3.05) is 0 Å². The van der Waals surface area contributed by atoms with Gasteiger partial charge in [-0.05, 0) is 60.9 Å². The lowest BCUT2D eigenvalue weighted by atomic mass is 10.1. The van der Waals surface area contributed by atoms with Gasteiger partial charge in [0.25, 0.3) is 0 Å². The number of ether oxygens (including phenoxy) is 1. The SMILES string of the molecule is CCCCc1ccc(-c2ccc(C(F)(F)Oc3ccc(C#Cc4cc(F)c(F)c(F)c4)c(F)c3)c(F)c2)nc1. The Kier molecular flexibility index (Phi) is 8.24. The highest BCUT2D eigenvalue weighted by atomic mass is 19.3. The number of unbranched alkanes of at least 4 members (excludes halogenated alkanes) is 1. The van der Waals surface area contributed by atoms with Crippen LogP contribution >= 0.6 is 0 Å². The van der Waals surface area contributed by atoms with Gasteiger partial charge in [0.1, 0.15) is 17.4 Å². The molecule has 0 saturated heterocycles. The van der Waals surface area contributed by atoms with Crippen LogP contribution in [0.25, 0.3) is 11.3 Å². The van der Waals surface area contributed by atoms with Crippen molar-refractivity contribution in [1.82, 2.24) is 4.98 Å². The molecular weight excluding hydrogens is 523 g/mol. The standard InChI is InChI=1S/C30H20F7NO/c1-2-3-4-18-6-12-28(38-17-18)21-9-11-23(25(32)15-21)30(36,37)39-22-10-8-20(24(31)16-22)7-5-19-13-26(33)29(35)27(34)14-19/h6,8-17H,2-4H2,1H3. The molecule has 0 spiro atoms. The molecule has 0 radical (unpaired) electrons. The summed E-state index contributed by atoms with van der Waals surface area (Å²) in [6.45, 7) is 2.07. The molecule has 0 saturated carbocycles. The van der Waals surface area contributed by atoms with Gasteiger partial charge in [0.15, 0.2) is 17.5 Å². The van der Waals surface area contributed by atoms with Gasteiger partial charge in [0.2, 0.25) is 0 Å². The Hall–Kier alpha value is -4.32. The lowest BCUT2D eigenvalue weighted by Crippen LogP contribution is -2.23. The molecule has 0 amide bonds. The van der Waals surface area contributed by atoms with Gasteiger partial charge >= 0.3 is 6.11 Å². The predicted octanol–water partition coefficient (Wildman–Crippen LogP) is 8.31. The number of alkyl halides is 2. The largest absolute Gasteiger partial charge is 0.429 e. The van der Waals surface area contributed by atoms with Gasteiger partial charge in [0.05, 0.1) is 16.8 Å². The van der Waals surface area contributed by atoms with Crippen LogP contribution in [0.1, 0.15) is 42.0 Å². The summed E-state index contributed by atoms with van der Waals surface area (Å²) in [5.74, 6) is -3.01. The molecule has 0 atom stereocenters. The van der Waals surface area contributed by atoms with E-state index >= 15 is 0 Å². The van der Waals surface area contributed by atoms with Gasteiger partial charge in [0, 0.05) is 23.4 Å². The highest BCUT2D eigenvalue weighted by Gasteiger charge is 2.38. The zero-order valence-electron chi connectivity index (χ0n) is 20.5. The topological polar surface area (TPSA) is 22.1 Å². The van der Waals surface area contributed by atoms with E-state index in [2.05, 4.69) is 28.5 Å². The van der Waals surface area contributed by atoms with Crippen LogP contribution in [0.3, 0.4) is 0 Å². The zero-order valence-corrected chi connectivity index (χ0v) is 20.5.